The molecule has 1 aliphatic heterocycles. The first-order chi connectivity index (χ1) is 14.4. The second-order valence-electron chi connectivity index (χ2n) is 6.93. The van der Waals surface area contributed by atoms with Gasteiger partial charge in [0, 0.05) is 23.7 Å². The molecule has 1 saturated heterocycles. The van der Waals surface area contributed by atoms with E-state index in [1.54, 1.807) is 36.4 Å². The number of aryl methyl sites for hydroxylation is 1. The van der Waals surface area contributed by atoms with Crippen LogP contribution < -0.4 is 15.0 Å². The molecule has 30 heavy (non-hydrogen) atoms. The number of amides is 2. The highest BCUT2D eigenvalue weighted by atomic mass is 35.5. The zero-order valence-electron chi connectivity index (χ0n) is 16.8. The minimum atomic E-state index is -0.645. The zero-order valence-corrected chi connectivity index (χ0v) is 17.6. The molecule has 1 aliphatic rings. The molecule has 2 amide bonds. The quantitative estimate of drug-likeness (QED) is 0.678. The van der Waals surface area contributed by atoms with E-state index in [9.17, 15) is 14.4 Å². The highest BCUT2D eigenvalue weighted by Crippen LogP contribution is 2.33. The Kier molecular flexibility index (Phi) is 6.95. The summed E-state index contributed by atoms with van der Waals surface area (Å²) in [5.74, 6) is -1.32. The topological polar surface area (TPSA) is 84.9 Å². The van der Waals surface area contributed by atoms with Crippen molar-refractivity contribution >= 4 is 40.8 Å². The Morgan fingerprint density at radius 3 is 2.73 bits per heavy atom. The monoisotopic (exact) mass is 430 g/mol. The number of esters is 1. The third kappa shape index (κ3) is 5.10. The molecule has 0 aromatic heterocycles. The van der Waals surface area contributed by atoms with E-state index in [0.717, 1.165) is 5.56 Å². The number of carbonyl (C=O) groups is 3. The molecule has 1 atom stereocenters. The number of ether oxygens (including phenoxy) is 2. The van der Waals surface area contributed by atoms with E-state index in [4.69, 9.17) is 21.1 Å². The van der Waals surface area contributed by atoms with Crippen LogP contribution in [0.4, 0.5) is 11.4 Å². The number of rotatable bonds is 7. The number of hydrogen-bond acceptors (Lipinski definition) is 5. The largest absolute Gasteiger partial charge is 0.492 e. The molecule has 1 N–H and O–H groups in total. The molecule has 0 aliphatic carbocycles. The number of carbonyl (C=O) groups excluding carboxylic acids is 3. The molecule has 1 heterocycles. The zero-order chi connectivity index (χ0) is 21.7. The van der Waals surface area contributed by atoms with Gasteiger partial charge in [-0.1, -0.05) is 29.8 Å². The second-order valence-corrected chi connectivity index (χ2v) is 7.33. The Morgan fingerprint density at radius 1 is 1.23 bits per heavy atom. The molecule has 0 bridgehead atoms. The summed E-state index contributed by atoms with van der Waals surface area (Å²) in [6.45, 7) is 3.92. The van der Waals surface area contributed by atoms with E-state index in [0.29, 0.717) is 28.8 Å². The molecule has 2 aromatic rings. The smallest absolute Gasteiger partial charge is 0.311 e. The van der Waals surface area contributed by atoms with Gasteiger partial charge in [0.1, 0.15) is 5.75 Å². The van der Waals surface area contributed by atoms with Crippen LogP contribution in [-0.2, 0) is 19.1 Å². The van der Waals surface area contributed by atoms with E-state index in [1.165, 1.54) is 4.90 Å². The van der Waals surface area contributed by atoms with Crippen molar-refractivity contribution in [3.8, 4) is 5.75 Å². The predicted molar refractivity (Wildman–Crippen MR) is 114 cm³/mol. The number of benzene rings is 2. The summed E-state index contributed by atoms with van der Waals surface area (Å²) in [6, 6.07) is 12.3. The molecule has 2 aromatic carbocycles. The summed E-state index contributed by atoms with van der Waals surface area (Å²) < 4.78 is 10.7. The average molecular weight is 431 g/mol. The first-order valence-corrected chi connectivity index (χ1v) is 10.0. The van der Waals surface area contributed by atoms with E-state index in [1.807, 2.05) is 19.9 Å². The lowest BCUT2D eigenvalue weighted by atomic mass is 10.1. The van der Waals surface area contributed by atoms with Crippen molar-refractivity contribution in [3.05, 3.63) is 53.1 Å². The number of hydrogen-bond donors (Lipinski definition) is 1. The maximum Gasteiger partial charge on any atom is 0.311 e. The first kappa shape index (κ1) is 21.6. The van der Waals surface area contributed by atoms with Crippen LogP contribution in [0.25, 0.3) is 0 Å². The molecule has 0 saturated carbocycles. The summed E-state index contributed by atoms with van der Waals surface area (Å²) in [5.41, 5.74) is 2.03. The highest BCUT2D eigenvalue weighted by molar-refractivity contribution is 6.31. The summed E-state index contributed by atoms with van der Waals surface area (Å²) in [7, 11) is 0. The van der Waals surface area contributed by atoms with Crippen molar-refractivity contribution in [1.29, 1.82) is 0 Å². The summed E-state index contributed by atoms with van der Waals surface area (Å²) in [4.78, 5) is 38.4. The lowest BCUT2D eigenvalue weighted by Gasteiger charge is -2.19. The Bertz CT molecular complexity index is 962. The van der Waals surface area contributed by atoms with Crippen molar-refractivity contribution in [2.24, 2.45) is 5.92 Å². The van der Waals surface area contributed by atoms with E-state index < -0.39 is 24.4 Å². The average Bonchev–Trinajstić information content (AvgIpc) is 3.11. The van der Waals surface area contributed by atoms with E-state index in [-0.39, 0.29) is 18.9 Å². The maximum atomic E-state index is 12.5. The SMILES string of the molecule is CCOc1ccccc1N1C[C@H](C(=O)OCC(=O)Nc2ccc(C)c(Cl)c2)CC1=O. The Morgan fingerprint density at radius 2 is 2.00 bits per heavy atom. The number of para-hydroxylation sites is 2. The van der Waals surface area contributed by atoms with Gasteiger partial charge in [-0.25, -0.2) is 0 Å². The van der Waals surface area contributed by atoms with Crippen LogP contribution in [0.15, 0.2) is 42.5 Å². The van der Waals surface area contributed by atoms with Gasteiger partial charge in [-0.2, -0.15) is 0 Å². The molecule has 7 nitrogen and oxygen atoms in total. The van der Waals surface area contributed by atoms with Crippen LogP contribution in [0, 0.1) is 12.8 Å². The molecule has 0 spiro atoms. The summed E-state index contributed by atoms with van der Waals surface area (Å²) in [5, 5.41) is 3.16. The van der Waals surface area contributed by atoms with Crippen LogP contribution in [0.3, 0.4) is 0 Å². The third-order valence-corrected chi connectivity index (χ3v) is 5.12. The molecular weight excluding hydrogens is 408 g/mol. The van der Waals surface area contributed by atoms with Gasteiger partial charge in [0.25, 0.3) is 5.91 Å². The van der Waals surface area contributed by atoms with Gasteiger partial charge >= 0.3 is 5.97 Å². The van der Waals surface area contributed by atoms with Crippen LogP contribution in [0.1, 0.15) is 18.9 Å². The van der Waals surface area contributed by atoms with Crippen LogP contribution in [-0.4, -0.2) is 37.5 Å². The molecular formula is C22H23ClN2O5. The summed E-state index contributed by atoms with van der Waals surface area (Å²) in [6.07, 6.45) is 0.0223. The van der Waals surface area contributed by atoms with Crippen LogP contribution in [0.5, 0.6) is 5.75 Å². The molecule has 1 fully saturated rings. The normalized spacial score (nSPS) is 15.8. The highest BCUT2D eigenvalue weighted by Gasteiger charge is 2.37. The molecule has 3 rings (SSSR count). The van der Waals surface area contributed by atoms with Crippen molar-refractivity contribution in [3.63, 3.8) is 0 Å². The molecule has 8 heteroatoms. The minimum Gasteiger partial charge on any atom is -0.492 e. The fourth-order valence-corrected chi connectivity index (χ4v) is 3.36. The lowest BCUT2D eigenvalue weighted by molar-refractivity contribution is -0.151. The first-order valence-electron chi connectivity index (χ1n) is 9.64. The standard InChI is InChI=1S/C22H23ClN2O5/c1-3-29-19-7-5-4-6-18(19)25-12-15(10-21(25)27)22(28)30-13-20(26)24-16-9-8-14(2)17(23)11-16/h4-9,11,15H,3,10,12-13H2,1-2H3,(H,24,26)/t15-/m1/s1. The minimum absolute atomic E-state index is 0.0223. The molecule has 0 radical (unpaired) electrons. The van der Waals surface area contributed by atoms with Gasteiger partial charge in [-0.05, 0) is 43.7 Å². The molecule has 0 unspecified atom stereocenters. The van der Waals surface area contributed by atoms with Gasteiger partial charge < -0.3 is 19.7 Å². The van der Waals surface area contributed by atoms with Crippen molar-refractivity contribution in [2.45, 2.75) is 20.3 Å². The summed E-state index contributed by atoms with van der Waals surface area (Å²) >= 11 is 6.04. The van der Waals surface area contributed by atoms with E-state index >= 15 is 0 Å². The second kappa shape index (κ2) is 9.63. The lowest BCUT2D eigenvalue weighted by Crippen LogP contribution is -2.28. The number of halogens is 1. The number of nitrogens with one attached hydrogen (secondary N) is 1. The predicted octanol–water partition coefficient (Wildman–Crippen LogP) is 3.58. The van der Waals surface area contributed by atoms with Crippen molar-refractivity contribution in [2.75, 3.05) is 30.0 Å². The van der Waals surface area contributed by atoms with E-state index in [2.05, 4.69) is 5.32 Å². The third-order valence-electron chi connectivity index (χ3n) is 4.72. The van der Waals surface area contributed by atoms with Gasteiger partial charge in [-0.3, -0.25) is 14.4 Å². The fourth-order valence-electron chi connectivity index (χ4n) is 3.18. The van der Waals surface area contributed by atoms with Gasteiger partial charge in [0.15, 0.2) is 6.61 Å². The van der Waals surface area contributed by atoms with Crippen LogP contribution >= 0.6 is 11.6 Å². The van der Waals surface area contributed by atoms with Crippen molar-refractivity contribution in [1.82, 2.24) is 0 Å². The Hall–Kier alpha value is -3.06. The Balaban J connectivity index is 1.56. The van der Waals surface area contributed by atoms with Crippen molar-refractivity contribution < 1.29 is 23.9 Å². The Labute approximate surface area is 179 Å². The number of anilines is 2. The maximum absolute atomic E-state index is 12.5. The van der Waals surface area contributed by atoms with Gasteiger partial charge in [-0.15, -0.1) is 0 Å². The van der Waals surface area contributed by atoms with Gasteiger partial charge in [0.05, 0.1) is 18.2 Å². The number of nitrogens with zero attached hydrogens (tertiary/aromatic N) is 1. The fraction of sp³-hybridized carbons (Fsp3) is 0.318. The van der Waals surface area contributed by atoms with Crippen LogP contribution in [0.2, 0.25) is 5.02 Å². The molecule has 158 valence electrons. The van der Waals surface area contributed by atoms with Gasteiger partial charge in [0.2, 0.25) is 5.91 Å².